The number of carbonyl (C=O) groups is 2. The Labute approximate surface area is 517 Å². The van der Waals surface area contributed by atoms with Crippen LogP contribution in [0, 0.1) is 22.7 Å². The summed E-state index contributed by atoms with van der Waals surface area (Å²) < 4.78 is 123. The maximum Gasteiger partial charge on any atom is 0.261 e. The number of nitrogens with one attached hydrogen (secondary N) is 4. The van der Waals surface area contributed by atoms with Gasteiger partial charge in [-0.15, -0.1) is 0 Å². The van der Waals surface area contributed by atoms with Gasteiger partial charge in [0.15, 0.2) is 11.6 Å². The van der Waals surface area contributed by atoms with Gasteiger partial charge in [-0.05, 0) is 141 Å². The average Bonchev–Trinajstić information content (AvgIpc) is 0.730. The van der Waals surface area contributed by atoms with E-state index in [4.69, 9.17) is 10.5 Å². The highest BCUT2D eigenvalue weighted by Crippen LogP contribution is 2.44. The molecule has 0 radical (unpaired) electrons. The molecule has 0 saturated heterocycles. The van der Waals surface area contributed by atoms with Gasteiger partial charge in [0, 0.05) is 0 Å². The molecule has 0 aromatic heterocycles. The summed E-state index contributed by atoms with van der Waals surface area (Å²) in [4.78, 5) is 30.2. The third kappa shape index (κ3) is 15.6. The summed E-state index contributed by atoms with van der Waals surface area (Å²) >= 11 is 0. The minimum atomic E-state index is -4.55. The van der Waals surface area contributed by atoms with E-state index in [-0.39, 0.29) is 41.2 Å². The normalized spacial score (nSPS) is 12.7. The topological polar surface area (TPSA) is 266 Å². The minimum Gasteiger partial charge on any atom is -0.288 e. The van der Waals surface area contributed by atoms with Gasteiger partial charge in [-0.1, -0.05) is 168 Å². The summed E-state index contributed by atoms with van der Waals surface area (Å²) in [6.45, 7) is 23.5. The van der Waals surface area contributed by atoms with Gasteiger partial charge in [-0.25, -0.2) is 33.7 Å². The van der Waals surface area contributed by atoms with Crippen molar-refractivity contribution in [2.75, 3.05) is 18.9 Å². The van der Waals surface area contributed by atoms with Gasteiger partial charge < -0.3 is 0 Å². The molecule has 16 nitrogen and oxygen atoms in total. The van der Waals surface area contributed by atoms with E-state index < -0.39 is 96.7 Å². The highest BCUT2D eigenvalue weighted by Gasteiger charge is 2.41. The lowest BCUT2D eigenvalue weighted by Crippen LogP contribution is -2.29. The van der Waals surface area contributed by atoms with Crippen LogP contribution in [0.1, 0.15) is 148 Å². The molecule has 4 N–H and O–H groups in total. The van der Waals surface area contributed by atoms with Crippen molar-refractivity contribution in [1.82, 2.24) is 0 Å². The Morgan fingerprint density at radius 1 is 0.284 bits per heavy atom. The smallest absolute Gasteiger partial charge is 0.261 e. The van der Waals surface area contributed by atoms with Gasteiger partial charge >= 0.3 is 0 Å². The van der Waals surface area contributed by atoms with Gasteiger partial charge in [0.1, 0.15) is 0 Å². The highest BCUT2D eigenvalue weighted by atomic mass is 32.2. The number of anilines is 4. The molecule has 20 heteroatoms. The van der Waals surface area contributed by atoms with Crippen LogP contribution in [-0.2, 0) is 61.8 Å². The third-order valence-corrected chi connectivity index (χ3v) is 19.8. The third-order valence-electron chi connectivity index (χ3n) is 14.2. The Morgan fingerprint density at radius 2 is 0.466 bits per heavy atom. The van der Waals surface area contributed by atoms with Crippen molar-refractivity contribution in [3.05, 3.63) is 238 Å². The number of sulfonamides is 4. The second kappa shape index (κ2) is 25.4. The molecular formula is C68H70N6O10S4. The number of ketones is 2. The molecule has 0 unspecified atom stereocenters. The molecule has 88 heavy (non-hydrogen) atoms. The van der Waals surface area contributed by atoms with Crippen LogP contribution in [0.4, 0.5) is 22.7 Å². The molecule has 9 rings (SSSR count). The van der Waals surface area contributed by atoms with E-state index in [1.54, 1.807) is 72.8 Å². The van der Waals surface area contributed by atoms with E-state index in [2.05, 4.69) is 18.9 Å². The summed E-state index contributed by atoms with van der Waals surface area (Å²) in [6, 6.07) is 50.9. The zero-order valence-electron chi connectivity index (χ0n) is 50.9. The van der Waals surface area contributed by atoms with Crippen LogP contribution in [0.5, 0.6) is 0 Å². The van der Waals surface area contributed by atoms with Gasteiger partial charge in [0.2, 0.25) is 0 Å². The van der Waals surface area contributed by atoms with Crippen molar-refractivity contribution in [2.45, 2.75) is 124 Å². The van der Waals surface area contributed by atoms with Crippen molar-refractivity contribution >= 4 is 74.4 Å². The predicted molar refractivity (Wildman–Crippen MR) is 346 cm³/mol. The number of benzene rings is 8. The van der Waals surface area contributed by atoms with E-state index in [1.807, 2.05) is 132 Å². The first kappa shape index (κ1) is 66.6. The lowest BCUT2D eigenvalue weighted by Gasteiger charge is -2.27. The molecule has 0 bridgehead atoms. The Hall–Kier alpha value is -8.92. The van der Waals surface area contributed by atoms with Crippen LogP contribution in [0.2, 0.25) is 0 Å². The van der Waals surface area contributed by atoms with Gasteiger partial charge in [-0.3, -0.25) is 28.5 Å². The number of fused-ring (bicyclic) bond motifs is 2. The molecule has 0 saturated carbocycles. The van der Waals surface area contributed by atoms with Crippen LogP contribution in [0.3, 0.4) is 0 Å². The minimum absolute atomic E-state index is 0.208. The Balaban J connectivity index is 0.000000596. The van der Waals surface area contributed by atoms with Crippen LogP contribution in [0.25, 0.3) is 0 Å². The number of nitriles is 2. The first-order valence-electron chi connectivity index (χ1n) is 27.7. The molecule has 0 atom stereocenters. The molecule has 1 aliphatic rings. The highest BCUT2D eigenvalue weighted by molar-refractivity contribution is 7.93. The van der Waals surface area contributed by atoms with E-state index in [9.17, 15) is 33.7 Å². The number of nitrogens with zero attached hydrogens (tertiary/aromatic N) is 2. The van der Waals surface area contributed by atoms with Crippen molar-refractivity contribution < 1.29 is 43.3 Å². The number of hydrogen-bond donors (Lipinski definition) is 4. The molecule has 0 heterocycles. The Kier molecular flexibility index (Phi) is 19.2. The SMILES string of the molecule is CC(C)(C)c1ccc(S(=O)(=O)Nc2ccc(NS(=O)(=O)c3ccc(C(C)(C)C)cc3)c3c2C(=O)c2c(NS(=O)(=O)c4ccc(C(C)(C)C)cc4)ccc(NS(=O)(=O)c4ccc(C(C)(C)C)cc4)c2C3=O)cc1.N#Cc1ccccc1.N#Cc1ccccc1. The average molecular weight is 1260 g/mol. The fraction of sp³-hybridized carbons (Fsp3) is 0.235. The quantitative estimate of drug-likeness (QED) is 0.0890. The van der Waals surface area contributed by atoms with E-state index >= 15 is 9.59 Å². The molecule has 0 spiro atoms. The molecular weight excluding hydrogens is 1190 g/mol. The monoisotopic (exact) mass is 1260 g/mol. The second-order valence-electron chi connectivity index (χ2n) is 25.0. The summed E-state index contributed by atoms with van der Waals surface area (Å²) in [7, 11) is -18.2. The Morgan fingerprint density at radius 3 is 0.614 bits per heavy atom. The summed E-state index contributed by atoms with van der Waals surface area (Å²) in [5.74, 6) is -2.29. The maximum absolute atomic E-state index is 15.5. The van der Waals surface area contributed by atoms with E-state index in [0.29, 0.717) is 11.1 Å². The molecule has 0 amide bonds. The maximum atomic E-state index is 15.5. The largest absolute Gasteiger partial charge is 0.288 e. The van der Waals surface area contributed by atoms with Crippen LogP contribution in [0.15, 0.2) is 202 Å². The van der Waals surface area contributed by atoms with Crippen LogP contribution >= 0.6 is 0 Å². The van der Waals surface area contributed by atoms with Crippen molar-refractivity contribution in [3.8, 4) is 12.1 Å². The van der Waals surface area contributed by atoms with Crippen LogP contribution in [-0.4, -0.2) is 45.2 Å². The standard InChI is InChI=1S/C54H60N4O10S4.2C7H5N/c1-51(2,3)33-13-21-37(22-14-33)69(61,62)55-41-29-30-42(56-70(63,64)38-23-15-34(16-24-38)52(4,5)6)46-45(41)49(59)47-43(57-71(65,66)39-25-17-35(18-26-39)53(7,8)9)31-32-44(48(47)50(46)60)58-72(67,68)40-27-19-36(20-28-40)54(10,11)12;2*8-6-7-4-2-1-3-5-7/h13-32,55-58H,1-12H3;2*1-5H. The van der Waals surface area contributed by atoms with Gasteiger partial charge in [0.25, 0.3) is 40.1 Å². The first-order valence-corrected chi connectivity index (χ1v) is 33.7. The summed E-state index contributed by atoms with van der Waals surface area (Å²) in [5.41, 5.74) is -0.951. The molecule has 1 aliphatic carbocycles. The van der Waals surface area contributed by atoms with E-state index in [0.717, 1.165) is 46.5 Å². The molecule has 0 aliphatic heterocycles. The first-order chi connectivity index (χ1) is 40.9. The lowest BCUT2D eigenvalue weighted by atomic mass is 9.81. The lowest BCUT2D eigenvalue weighted by molar-refractivity contribution is 0.0981. The molecule has 8 aromatic carbocycles. The van der Waals surface area contributed by atoms with E-state index in [1.165, 1.54) is 48.5 Å². The number of carbonyl (C=O) groups excluding carboxylic acids is 2. The molecule has 8 aromatic rings. The number of rotatable bonds is 12. The zero-order chi connectivity index (χ0) is 65.0. The predicted octanol–water partition coefficient (Wildman–Crippen LogP) is 14.0. The molecule has 0 fully saturated rings. The number of hydrogen-bond acceptors (Lipinski definition) is 12. The second-order valence-corrected chi connectivity index (χ2v) is 31.7. The summed E-state index contributed by atoms with van der Waals surface area (Å²) in [6.07, 6.45) is 0. The van der Waals surface area contributed by atoms with Crippen LogP contribution < -0.4 is 18.9 Å². The van der Waals surface area contributed by atoms with Gasteiger partial charge in [-0.2, -0.15) is 10.5 Å². The van der Waals surface area contributed by atoms with Gasteiger partial charge in [0.05, 0.1) is 87.9 Å². The van der Waals surface area contributed by atoms with Crippen molar-refractivity contribution in [3.63, 3.8) is 0 Å². The summed E-state index contributed by atoms with van der Waals surface area (Å²) in [5, 5.41) is 16.6. The zero-order valence-corrected chi connectivity index (χ0v) is 54.2. The Bertz CT molecular complexity index is 3950. The molecule has 456 valence electrons. The van der Waals surface area contributed by atoms with Crippen molar-refractivity contribution in [1.29, 1.82) is 10.5 Å². The fourth-order valence-corrected chi connectivity index (χ4v) is 13.4. The van der Waals surface area contributed by atoms with Crippen molar-refractivity contribution in [2.24, 2.45) is 0 Å². The fourth-order valence-electron chi connectivity index (χ4n) is 9.12.